The van der Waals surface area contributed by atoms with Crippen LogP contribution >= 0.6 is 11.6 Å². The molecule has 1 aromatic rings. The van der Waals surface area contributed by atoms with Gasteiger partial charge in [-0.25, -0.2) is 0 Å². The average Bonchev–Trinajstić information content (AvgIpc) is 3.35. The molecule has 3 nitrogen and oxygen atoms in total. The van der Waals surface area contributed by atoms with Gasteiger partial charge in [-0.05, 0) is 68.3 Å². The van der Waals surface area contributed by atoms with E-state index in [2.05, 4.69) is 29.7 Å². The van der Waals surface area contributed by atoms with Gasteiger partial charge in [0.1, 0.15) is 0 Å². The number of carbonyl (C=O) groups is 1. The fraction of sp³-hybridized carbons (Fsp3) is 0.632. The number of piperidine rings is 1. The fourth-order valence-electron chi connectivity index (χ4n) is 3.73. The molecular weight excluding hydrogens is 308 g/mol. The zero-order valence-corrected chi connectivity index (χ0v) is 14.7. The van der Waals surface area contributed by atoms with Gasteiger partial charge in [0, 0.05) is 23.4 Å². The number of nitrogens with one attached hydrogen (secondary N) is 2. The van der Waals surface area contributed by atoms with Gasteiger partial charge in [0.05, 0.1) is 0 Å². The van der Waals surface area contributed by atoms with Gasteiger partial charge in [0.15, 0.2) is 0 Å². The van der Waals surface area contributed by atoms with Crippen molar-refractivity contribution < 1.29 is 4.79 Å². The summed E-state index contributed by atoms with van der Waals surface area (Å²) in [5.41, 5.74) is 1.45. The van der Waals surface area contributed by atoms with Crippen molar-refractivity contribution in [1.82, 2.24) is 10.6 Å². The van der Waals surface area contributed by atoms with Gasteiger partial charge in [-0.2, -0.15) is 0 Å². The molecule has 1 saturated heterocycles. The van der Waals surface area contributed by atoms with Crippen molar-refractivity contribution in [3.63, 3.8) is 0 Å². The van der Waals surface area contributed by atoms with Gasteiger partial charge >= 0.3 is 0 Å². The summed E-state index contributed by atoms with van der Waals surface area (Å²) in [6.07, 6.45) is 5.35. The van der Waals surface area contributed by atoms with Crippen LogP contribution in [0.3, 0.4) is 0 Å². The predicted octanol–water partition coefficient (Wildman–Crippen LogP) is 3.51. The molecule has 126 valence electrons. The third kappa shape index (κ3) is 4.27. The van der Waals surface area contributed by atoms with E-state index in [1.165, 1.54) is 18.4 Å². The van der Waals surface area contributed by atoms with E-state index in [0.717, 1.165) is 37.5 Å². The molecule has 0 aromatic heterocycles. The molecule has 0 radical (unpaired) electrons. The second-order valence-electron chi connectivity index (χ2n) is 7.33. The molecule has 1 heterocycles. The van der Waals surface area contributed by atoms with Crippen molar-refractivity contribution in [2.45, 2.75) is 44.4 Å². The minimum atomic E-state index is 0.151. The predicted molar refractivity (Wildman–Crippen MR) is 94.7 cm³/mol. The Morgan fingerprint density at radius 2 is 1.96 bits per heavy atom. The lowest BCUT2D eigenvalue weighted by Gasteiger charge is -2.28. The third-order valence-electron chi connectivity index (χ3n) is 5.63. The van der Waals surface area contributed by atoms with Crippen molar-refractivity contribution in [1.29, 1.82) is 0 Å². The number of hydrogen-bond donors (Lipinski definition) is 2. The summed E-state index contributed by atoms with van der Waals surface area (Å²) in [6, 6.07) is 8.08. The first kappa shape index (κ1) is 16.8. The number of amides is 1. The lowest BCUT2D eigenvalue weighted by molar-refractivity contribution is -0.122. The molecule has 0 spiro atoms. The molecule has 1 aliphatic carbocycles. The number of rotatable bonds is 6. The minimum absolute atomic E-state index is 0.151. The van der Waals surface area contributed by atoms with E-state index >= 15 is 0 Å². The minimum Gasteiger partial charge on any atom is -0.355 e. The molecule has 2 N–H and O–H groups in total. The topological polar surface area (TPSA) is 41.1 Å². The van der Waals surface area contributed by atoms with Gasteiger partial charge in [0.2, 0.25) is 5.91 Å². The zero-order chi connectivity index (χ0) is 16.3. The van der Waals surface area contributed by atoms with Crippen LogP contribution in [0.15, 0.2) is 24.3 Å². The van der Waals surface area contributed by atoms with Crippen LogP contribution in [-0.2, 0) is 10.2 Å². The molecular formula is C19H27ClN2O. The molecule has 1 aliphatic heterocycles. The van der Waals surface area contributed by atoms with Crippen LogP contribution < -0.4 is 10.6 Å². The average molecular weight is 335 g/mol. The van der Waals surface area contributed by atoms with E-state index < -0.39 is 0 Å². The van der Waals surface area contributed by atoms with Gasteiger partial charge in [0.25, 0.3) is 0 Å². The van der Waals surface area contributed by atoms with Crippen LogP contribution in [0.2, 0.25) is 5.02 Å². The fourth-order valence-corrected chi connectivity index (χ4v) is 3.86. The maximum Gasteiger partial charge on any atom is 0.220 e. The van der Waals surface area contributed by atoms with Gasteiger partial charge in [-0.3, -0.25) is 4.79 Å². The van der Waals surface area contributed by atoms with E-state index in [-0.39, 0.29) is 11.3 Å². The Labute approximate surface area is 144 Å². The van der Waals surface area contributed by atoms with Crippen LogP contribution in [0.1, 0.15) is 44.6 Å². The molecule has 2 aliphatic rings. The lowest BCUT2D eigenvalue weighted by Crippen LogP contribution is -2.36. The molecule has 1 aromatic carbocycles. The van der Waals surface area contributed by atoms with E-state index in [1.807, 2.05) is 12.1 Å². The monoisotopic (exact) mass is 334 g/mol. The summed E-state index contributed by atoms with van der Waals surface area (Å²) in [4.78, 5) is 12.3. The van der Waals surface area contributed by atoms with Crippen LogP contribution in [-0.4, -0.2) is 25.5 Å². The van der Waals surface area contributed by atoms with E-state index in [1.54, 1.807) is 0 Å². The van der Waals surface area contributed by atoms with E-state index in [4.69, 9.17) is 11.6 Å². The van der Waals surface area contributed by atoms with Crippen molar-refractivity contribution in [3.8, 4) is 0 Å². The molecule has 1 atom stereocenters. The van der Waals surface area contributed by atoms with Gasteiger partial charge in [-0.15, -0.1) is 0 Å². The number of benzene rings is 1. The standard InChI is InChI=1S/C19H27ClN2O/c1-14(15-6-10-21-11-7-15)12-18(23)22-13-19(8-9-19)16-2-4-17(20)5-3-16/h2-5,14-15,21H,6-13H2,1H3,(H,22,23). The van der Waals surface area contributed by atoms with E-state index in [0.29, 0.717) is 18.3 Å². The Balaban J connectivity index is 1.48. The van der Waals surface area contributed by atoms with Crippen molar-refractivity contribution in [3.05, 3.63) is 34.9 Å². The van der Waals surface area contributed by atoms with Crippen LogP contribution in [0, 0.1) is 11.8 Å². The Bertz CT molecular complexity index is 533. The maximum atomic E-state index is 12.3. The van der Waals surface area contributed by atoms with Crippen LogP contribution in [0.4, 0.5) is 0 Å². The highest BCUT2D eigenvalue weighted by Gasteiger charge is 2.44. The maximum absolute atomic E-state index is 12.3. The second kappa shape index (κ2) is 7.23. The van der Waals surface area contributed by atoms with Crippen LogP contribution in [0.5, 0.6) is 0 Å². The highest BCUT2D eigenvalue weighted by molar-refractivity contribution is 6.30. The normalized spacial score (nSPS) is 21.7. The summed E-state index contributed by atoms with van der Waals surface area (Å²) in [5.74, 6) is 1.37. The first-order valence-electron chi connectivity index (χ1n) is 8.82. The highest BCUT2D eigenvalue weighted by Crippen LogP contribution is 2.47. The Morgan fingerprint density at radius 3 is 2.57 bits per heavy atom. The summed E-state index contributed by atoms with van der Waals surface area (Å²) in [5, 5.41) is 7.34. The summed E-state index contributed by atoms with van der Waals surface area (Å²) < 4.78 is 0. The smallest absolute Gasteiger partial charge is 0.220 e. The summed E-state index contributed by atoms with van der Waals surface area (Å²) >= 11 is 5.97. The second-order valence-corrected chi connectivity index (χ2v) is 7.77. The number of halogens is 1. The van der Waals surface area contributed by atoms with E-state index in [9.17, 15) is 4.79 Å². The summed E-state index contributed by atoms with van der Waals surface area (Å²) in [7, 11) is 0. The first-order valence-corrected chi connectivity index (χ1v) is 9.20. The molecule has 23 heavy (non-hydrogen) atoms. The zero-order valence-electron chi connectivity index (χ0n) is 13.9. The van der Waals surface area contributed by atoms with Crippen molar-refractivity contribution >= 4 is 17.5 Å². The summed E-state index contributed by atoms with van der Waals surface area (Å²) in [6.45, 7) is 5.17. The van der Waals surface area contributed by atoms with Crippen molar-refractivity contribution in [2.24, 2.45) is 11.8 Å². The Hall–Kier alpha value is -1.06. The first-order chi connectivity index (χ1) is 11.1. The number of carbonyl (C=O) groups excluding carboxylic acids is 1. The molecule has 2 fully saturated rings. The molecule has 0 bridgehead atoms. The van der Waals surface area contributed by atoms with Crippen LogP contribution in [0.25, 0.3) is 0 Å². The molecule has 1 unspecified atom stereocenters. The van der Waals surface area contributed by atoms with Crippen molar-refractivity contribution in [2.75, 3.05) is 19.6 Å². The van der Waals surface area contributed by atoms with Gasteiger partial charge in [-0.1, -0.05) is 30.7 Å². The molecule has 1 saturated carbocycles. The Morgan fingerprint density at radius 1 is 1.30 bits per heavy atom. The molecule has 1 amide bonds. The number of hydrogen-bond acceptors (Lipinski definition) is 2. The molecule has 3 rings (SSSR count). The van der Waals surface area contributed by atoms with Gasteiger partial charge < -0.3 is 10.6 Å². The quantitative estimate of drug-likeness (QED) is 0.835. The largest absolute Gasteiger partial charge is 0.355 e. The SMILES string of the molecule is CC(CC(=O)NCC1(c2ccc(Cl)cc2)CC1)C1CCNCC1. The molecule has 4 heteroatoms. The highest BCUT2D eigenvalue weighted by atomic mass is 35.5. The lowest BCUT2D eigenvalue weighted by atomic mass is 9.84. The third-order valence-corrected chi connectivity index (χ3v) is 5.88. The Kier molecular flexibility index (Phi) is 5.27.